The molecular formula is C14H22N2. The van der Waals surface area contributed by atoms with E-state index in [9.17, 15) is 0 Å². The van der Waals surface area contributed by atoms with Crippen LogP contribution in [0.2, 0.25) is 0 Å². The van der Waals surface area contributed by atoms with Gasteiger partial charge < -0.3 is 10.6 Å². The van der Waals surface area contributed by atoms with Crippen molar-refractivity contribution < 1.29 is 0 Å². The molecule has 0 radical (unpaired) electrons. The first-order chi connectivity index (χ1) is 7.58. The number of nitrogen functional groups attached to an aromatic ring is 1. The summed E-state index contributed by atoms with van der Waals surface area (Å²) in [5, 5.41) is 0. The average Bonchev–Trinajstić information content (AvgIpc) is 2.25. The second-order valence-electron chi connectivity index (χ2n) is 5.19. The Bertz CT molecular complexity index is 361. The summed E-state index contributed by atoms with van der Waals surface area (Å²) in [5.74, 6) is 0.812. The van der Waals surface area contributed by atoms with Gasteiger partial charge in [-0.1, -0.05) is 6.92 Å². The third-order valence-corrected chi connectivity index (χ3v) is 3.60. The largest absolute Gasteiger partial charge is 0.398 e. The summed E-state index contributed by atoms with van der Waals surface area (Å²) in [6.07, 6.45) is 2.67. The fourth-order valence-corrected chi connectivity index (χ4v) is 2.56. The standard InChI is InChI=1S/C14H22N2/c1-10-5-4-6-16(9-10)13-7-11(2)14(15)12(3)8-13/h7-8,10H,4-6,9,15H2,1-3H3/t10-/m1/s1. The van der Waals surface area contributed by atoms with Crippen molar-refractivity contribution in [1.29, 1.82) is 0 Å². The molecule has 0 spiro atoms. The van der Waals surface area contributed by atoms with Crippen LogP contribution in [0.1, 0.15) is 30.9 Å². The van der Waals surface area contributed by atoms with Crippen molar-refractivity contribution in [1.82, 2.24) is 0 Å². The van der Waals surface area contributed by atoms with Crippen molar-refractivity contribution in [3.05, 3.63) is 23.3 Å². The van der Waals surface area contributed by atoms with Crippen LogP contribution >= 0.6 is 0 Å². The SMILES string of the molecule is Cc1cc(N2CCC[C@@H](C)C2)cc(C)c1N. The number of rotatable bonds is 1. The summed E-state index contributed by atoms with van der Waals surface area (Å²) in [6, 6.07) is 4.45. The third-order valence-electron chi connectivity index (χ3n) is 3.60. The molecule has 1 aliphatic rings. The number of nitrogens with two attached hydrogens (primary N) is 1. The van der Waals surface area contributed by atoms with Crippen molar-refractivity contribution in [2.75, 3.05) is 23.7 Å². The Labute approximate surface area is 98.4 Å². The van der Waals surface area contributed by atoms with Crippen LogP contribution in [0, 0.1) is 19.8 Å². The van der Waals surface area contributed by atoms with Gasteiger partial charge in [-0.2, -0.15) is 0 Å². The molecule has 16 heavy (non-hydrogen) atoms. The lowest BCUT2D eigenvalue weighted by Crippen LogP contribution is -2.34. The minimum absolute atomic E-state index is 0.812. The summed E-state index contributed by atoms with van der Waals surface area (Å²) in [7, 11) is 0. The van der Waals surface area contributed by atoms with Gasteiger partial charge in [-0.25, -0.2) is 0 Å². The summed E-state index contributed by atoms with van der Waals surface area (Å²) in [6.45, 7) is 8.90. The van der Waals surface area contributed by atoms with Gasteiger partial charge in [0.15, 0.2) is 0 Å². The first-order valence-electron chi connectivity index (χ1n) is 6.19. The second kappa shape index (κ2) is 4.36. The molecule has 1 fully saturated rings. The van der Waals surface area contributed by atoms with E-state index in [-0.39, 0.29) is 0 Å². The fraction of sp³-hybridized carbons (Fsp3) is 0.571. The third kappa shape index (κ3) is 2.16. The van der Waals surface area contributed by atoms with Gasteiger partial charge in [0.25, 0.3) is 0 Å². The van der Waals surface area contributed by atoms with Crippen molar-refractivity contribution in [3.8, 4) is 0 Å². The monoisotopic (exact) mass is 218 g/mol. The molecule has 0 aromatic heterocycles. The summed E-state index contributed by atoms with van der Waals surface area (Å²) in [4.78, 5) is 2.49. The molecule has 0 unspecified atom stereocenters. The highest BCUT2D eigenvalue weighted by molar-refractivity contribution is 5.62. The van der Waals surface area contributed by atoms with Gasteiger partial charge in [0.05, 0.1) is 0 Å². The zero-order valence-corrected chi connectivity index (χ0v) is 10.6. The molecule has 1 aliphatic heterocycles. The molecule has 1 aromatic rings. The molecule has 1 saturated heterocycles. The first-order valence-corrected chi connectivity index (χ1v) is 6.19. The Balaban J connectivity index is 2.26. The van der Waals surface area contributed by atoms with E-state index in [1.807, 2.05) is 0 Å². The molecule has 1 aromatic carbocycles. The number of benzene rings is 1. The fourth-order valence-electron chi connectivity index (χ4n) is 2.56. The van der Waals surface area contributed by atoms with E-state index in [1.165, 1.54) is 42.7 Å². The highest BCUT2D eigenvalue weighted by Crippen LogP contribution is 2.28. The van der Waals surface area contributed by atoms with Crippen LogP contribution < -0.4 is 10.6 Å². The molecule has 2 heteroatoms. The molecule has 1 heterocycles. The van der Waals surface area contributed by atoms with Gasteiger partial charge in [0.1, 0.15) is 0 Å². The van der Waals surface area contributed by atoms with Crippen LogP contribution in [-0.2, 0) is 0 Å². The van der Waals surface area contributed by atoms with Crippen molar-refractivity contribution in [2.24, 2.45) is 5.92 Å². The molecule has 0 bridgehead atoms. The van der Waals surface area contributed by atoms with Gasteiger partial charge in [-0.15, -0.1) is 0 Å². The highest BCUT2D eigenvalue weighted by Gasteiger charge is 2.17. The predicted octanol–water partition coefficient (Wildman–Crippen LogP) is 3.12. The molecule has 1 atom stereocenters. The highest BCUT2D eigenvalue weighted by atomic mass is 15.1. The van der Waals surface area contributed by atoms with E-state index in [0.29, 0.717) is 0 Å². The predicted molar refractivity (Wildman–Crippen MR) is 70.9 cm³/mol. The minimum Gasteiger partial charge on any atom is -0.398 e. The molecular weight excluding hydrogens is 196 g/mol. The smallest absolute Gasteiger partial charge is 0.0374 e. The molecule has 88 valence electrons. The molecule has 2 nitrogen and oxygen atoms in total. The van der Waals surface area contributed by atoms with Crippen molar-refractivity contribution >= 4 is 11.4 Å². The lowest BCUT2D eigenvalue weighted by atomic mass is 9.98. The lowest BCUT2D eigenvalue weighted by molar-refractivity contribution is 0.447. The van der Waals surface area contributed by atoms with Gasteiger partial charge in [-0.3, -0.25) is 0 Å². The van der Waals surface area contributed by atoms with Crippen LogP contribution in [0.25, 0.3) is 0 Å². The average molecular weight is 218 g/mol. The Hall–Kier alpha value is -1.18. The molecule has 2 rings (SSSR count). The number of nitrogens with zero attached hydrogens (tertiary/aromatic N) is 1. The molecule has 2 N–H and O–H groups in total. The Kier molecular flexibility index (Phi) is 3.08. The van der Waals surface area contributed by atoms with E-state index >= 15 is 0 Å². The van der Waals surface area contributed by atoms with Crippen molar-refractivity contribution in [3.63, 3.8) is 0 Å². The van der Waals surface area contributed by atoms with Crippen LogP contribution in [-0.4, -0.2) is 13.1 Å². The zero-order valence-electron chi connectivity index (χ0n) is 10.6. The number of anilines is 2. The molecule has 0 saturated carbocycles. The van der Waals surface area contributed by atoms with E-state index in [0.717, 1.165) is 11.6 Å². The summed E-state index contributed by atoms with van der Waals surface area (Å²) < 4.78 is 0. The number of hydrogen-bond acceptors (Lipinski definition) is 2. The maximum atomic E-state index is 5.99. The van der Waals surface area contributed by atoms with Crippen molar-refractivity contribution in [2.45, 2.75) is 33.6 Å². The first kappa shape index (κ1) is 11.3. The van der Waals surface area contributed by atoms with Crippen LogP contribution in [0.4, 0.5) is 11.4 Å². The summed E-state index contributed by atoms with van der Waals surface area (Å²) >= 11 is 0. The molecule has 0 amide bonds. The van der Waals surface area contributed by atoms with Crippen LogP contribution in [0.5, 0.6) is 0 Å². The van der Waals surface area contributed by atoms with Gasteiger partial charge in [0, 0.05) is 24.5 Å². The Morgan fingerprint density at radius 1 is 1.25 bits per heavy atom. The lowest BCUT2D eigenvalue weighted by Gasteiger charge is -2.33. The topological polar surface area (TPSA) is 29.3 Å². The van der Waals surface area contributed by atoms with Gasteiger partial charge >= 0.3 is 0 Å². The maximum absolute atomic E-state index is 5.99. The number of aryl methyl sites for hydroxylation is 2. The van der Waals surface area contributed by atoms with Crippen LogP contribution in [0.15, 0.2) is 12.1 Å². The van der Waals surface area contributed by atoms with E-state index in [1.54, 1.807) is 0 Å². The van der Waals surface area contributed by atoms with Crippen LogP contribution in [0.3, 0.4) is 0 Å². The second-order valence-corrected chi connectivity index (χ2v) is 5.19. The number of piperidine rings is 1. The Morgan fingerprint density at radius 2 is 1.88 bits per heavy atom. The van der Waals surface area contributed by atoms with Gasteiger partial charge in [-0.05, 0) is 55.9 Å². The van der Waals surface area contributed by atoms with E-state index in [4.69, 9.17) is 5.73 Å². The zero-order chi connectivity index (χ0) is 11.7. The quantitative estimate of drug-likeness (QED) is 0.734. The minimum atomic E-state index is 0.812. The summed E-state index contributed by atoms with van der Waals surface area (Å²) in [5.41, 5.74) is 10.7. The maximum Gasteiger partial charge on any atom is 0.0374 e. The van der Waals surface area contributed by atoms with Gasteiger partial charge in [0.2, 0.25) is 0 Å². The Morgan fingerprint density at radius 3 is 2.44 bits per heavy atom. The number of hydrogen-bond donors (Lipinski definition) is 1. The molecule has 0 aliphatic carbocycles. The normalized spacial score (nSPS) is 21.2. The van der Waals surface area contributed by atoms with E-state index < -0.39 is 0 Å². The van der Waals surface area contributed by atoms with E-state index in [2.05, 4.69) is 37.8 Å².